The number of ketones is 1. The predicted molar refractivity (Wildman–Crippen MR) is 97.8 cm³/mol. The molecule has 0 bridgehead atoms. The van der Waals surface area contributed by atoms with E-state index in [2.05, 4.69) is 15.2 Å². The zero-order valence-electron chi connectivity index (χ0n) is 14.6. The summed E-state index contributed by atoms with van der Waals surface area (Å²) in [4.78, 5) is 31.4. The van der Waals surface area contributed by atoms with Crippen LogP contribution in [0.2, 0.25) is 0 Å². The summed E-state index contributed by atoms with van der Waals surface area (Å²) in [6.07, 6.45) is 4.85. The molecule has 1 spiro atoms. The molecule has 1 aromatic carbocycles. The normalized spacial score (nSPS) is 18.4. The molecule has 5 rings (SSSR count). The van der Waals surface area contributed by atoms with Crippen LogP contribution in [0.5, 0.6) is 5.75 Å². The van der Waals surface area contributed by atoms with Gasteiger partial charge in [0.2, 0.25) is 0 Å². The molecule has 1 amide bonds. The number of carbonyl (C=O) groups is 2. The van der Waals surface area contributed by atoms with Crippen LogP contribution in [0.25, 0.3) is 10.9 Å². The Labute approximate surface area is 155 Å². The van der Waals surface area contributed by atoms with Crippen LogP contribution in [0.4, 0.5) is 0 Å². The summed E-state index contributed by atoms with van der Waals surface area (Å²) < 4.78 is 6.10. The summed E-state index contributed by atoms with van der Waals surface area (Å²) in [6.45, 7) is 1.11. The Morgan fingerprint density at radius 2 is 2.07 bits per heavy atom. The lowest BCUT2D eigenvalue weighted by atomic mass is 9.83. The number of nitrogens with one attached hydrogen (secondary N) is 1. The number of hydrogen-bond acceptors (Lipinski definition) is 5. The van der Waals surface area contributed by atoms with Gasteiger partial charge >= 0.3 is 0 Å². The van der Waals surface area contributed by atoms with Gasteiger partial charge in [0.05, 0.1) is 18.1 Å². The molecule has 7 nitrogen and oxygen atoms in total. The van der Waals surface area contributed by atoms with E-state index in [-0.39, 0.29) is 11.7 Å². The lowest BCUT2D eigenvalue weighted by Crippen LogP contribution is -2.52. The molecule has 0 saturated carbocycles. The maximum absolute atomic E-state index is 12.9. The van der Waals surface area contributed by atoms with Crippen molar-refractivity contribution in [3.05, 3.63) is 54.0 Å². The Morgan fingerprint density at radius 1 is 1.22 bits per heavy atom. The molecule has 1 saturated heterocycles. The number of Topliss-reactive ketones (excluding diaryl/α,β-unsaturated/α-hetero) is 1. The minimum atomic E-state index is -0.532. The van der Waals surface area contributed by atoms with Crippen LogP contribution in [0.15, 0.2) is 42.7 Å². The van der Waals surface area contributed by atoms with E-state index in [4.69, 9.17) is 4.74 Å². The smallest absolute Gasteiger partial charge is 0.253 e. The number of fused-ring (bicyclic) bond motifs is 2. The molecule has 2 aliphatic rings. The molecule has 2 aliphatic heterocycles. The number of H-pyrrole nitrogens is 1. The lowest BCUT2D eigenvalue weighted by Gasteiger charge is -2.43. The molecule has 7 heteroatoms. The van der Waals surface area contributed by atoms with E-state index in [1.807, 2.05) is 35.2 Å². The molecule has 0 unspecified atom stereocenters. The van der Waals surface area contributed by atoms with Crippen LogP contribution >= 0.6 is 0 Å². The highest BCUT2D eigenvalue weighted by molar-refractivity contribution is 5.99. The highest BCUT2D eigenvalue weighted by Gasteiger charge is 2.44. The third kappa shape index (κ3) is 2.66. The highest BCUT2D eigenvalue weighted by atomic mass is 16.5. The van der Waals surface area contributed by atoms with Gasteiger partial charge in [-0.05, 0) is 18.2 Å². The summed E-state index contributed by atoms with van der Waals surface area (Å²) >= 11 is 0. The Hall–Kier alpha value is -3.22. The predicted octanol–water partition coefficient (Wildman–Crippen LogP) is 2.60. The van der Waals surface area contributed by atoms with Crippen LogP contribution in [0.3, 0.4) is 0 Å². The molecular weight excluding hydrogens is 344 g/mol. The fourth-order valence-corrected chi connectivity index (χ4v) is 3.98. The quantitative estimate of drug-likeness (QED) is 0.719. The maximum atomic E-state index is 12.9. The maximum Gasteiger partial charge on any atom is 0.253 e. The van der Waals surface area contributed by atoms with Crippen molar-refractivity contribution < 1.29 is 14.3 Å². The highest BCUT2D eigenvalue weighted by Crippen LogP contribution is 2.38. The van der Waals surface area contributed by atoms with Gasteiger partial charge in [-0.15, -0.1) is 0 Å². The third-order valence-electron chi connectivity index (χ3n) is 5.51. The molecule has 0 atom stereocenters. The number of ether oxygens (including phenoxy) is 1. The second-order valence-electron chi connectivity index (χ2n) is 7.20. The first kappa shape index (κ1) is 16.0. The van der Waals surface area contributed by atoms with Crippen molar-refractivity contribution in [2.24, 2.45) is 0 Å². The Balaban J connectivity index is 1.33. The van der Waals surface area contributed by atoms with Crippen molar-refractivity contribution in [3.63, 3.8) is 0 Å². The Bertz CT molecular complexity index is 1050. The van der Waals surface area contributed by atoms with E-state index >= 15 is 0 Å². The fourth-order valence-electron chi connectivity index (χ4n) is 3.98. The topological polar surface area (TPSA) is 88.2 Å². The molecule has 1 N–H and O–H groups in total. The number of carbonyl (C=O) groups excluding carboxylic acids is 2. The lowest BCUT2D eigenvalue weighted by molar-refractivity contribution is -0.00581. The molecule has 4 heterocycles. The number of likely N-dealkylation sites (tertiary alicyclic amines) is 1. The molecule has 0 radical (unpaired) electrons. The van der Waals surface area contributed by atoms with E-state index in [1.165, 1.54) is 0 Å². The second-order valence-corrected chi connectivity index (χ2v) is 7.20. The van der Waals surface area contributed by atoms with Crippen LogP contribution in [0, 0.1) is 0 Å². The SMILES string of the molecule is O=C1CC2(CCN(C(=O)c3ccc4cccnc4c3)CC2)Oc2cn[nH]c21. The number of aromatic amines is 1. The molecule has 0 aliphatic carbocycles. The number of aromatic nitrogens is 3. The standard InChI is InChI=1S/C20H18N4O3/c25-16-11-20(27-17-12-22-23-18(16)17)5-8-24(9-6-20)19(26)14-4-3-13-2-1-7-21-15(13)10-14/h1-4,7,10,12H,5-6,8-9,11H2,(H,22,23). The Morgan fingerprint density at radius 3 is 2.93 bits per heavy atom. The minimum Gasteiger partial charge on any atom is -0.483 e. The monoisotopic (exact) mass is 362 g/mol. The second kappa shape index (κ2) is 5.90. The summed E-state index contributed by atoms with van der Waals surface area (Å²) in [5.41, 5.74) is 1.36. The van der Waals surface area contributed by atoms with Gasteiger partial charge in [0.1, 0.15) is 11.3 Å². The molecule has 2 aromatic heterocycles. The third-order valence-corrected chi connectivity index (χ3v) is 5.51. The van der Waals surface area contributed by atoms with E-state index in [0.29, 0.717) is 49.4 Å². The van der Waals surface area contributed by atoms with Crippen molar-refractivity contribution in [2.45, 2.75) is 24.9 Å². The number of piperidine rings is 1. The molecular formula is C20H18N4O3. The number of amides is 1. The number of nitrogens with zero attached hydrogens (tertiary/aromatic N) is 3. The van der Waals surface area contributed by atoms with Gasteiger partial charge in [-0.1, -0.05) is 12.1 Å². The minimum absolute atomic E-state index is 0.0106. The van der Waals surface area contributed by atoms with Gasteiger partial charge in [-0.2, -0.15) is 5.10 Å². The van der Waals surface area contributed by atoms with Crippen LogP contribution in [0.1, 0.15) is 40.1 Å². The fraction of sp³-hybridized carbons (Fsp3) is 0.300. The summed E-state index contributed by atoms with van der Waals surface area (Å²) in [6, 6.07) is 9.45. The first-order valence-corrected chi connectivity index (χ1v) is 9.03. The number of pyridine rings is 1. The van der Waals surface area contributed by atoms with Gasteiger partial charge in [0.25, 0.3) is 5.91 Å². The van der Waals surface area contributed by atoms with E-state index in [1.54, 1.807) is 12.4 Å². The van der Waals surface area contributed by atoms with Gasteiger partial charge < -0.3 is 9.64 Å². The first-order chi connectivity index (χ1) is 13.1. The summed E-state index contributed by atoms with van der Waals surface area (Å²) in [5.74, 6) is 0.532. The molecule has 136 valence electrons. The van der Waals surface area contributed by atoms with Crippen molar-refractivity contribution in [1.29, 1.82) is 0 Å². The molecule has 3 aromatic rings. The van der Waals surface area contributed by atoms with Crippen molar-refractivity contribution in [2.75, 3.05) is 13.1 Å². The van der Waals surface area contributed by atoms with Crippen molar-refractivity contribution in [1.82, 2.24) is 20.1 Å². The average Bonchev–Trinajstić information content (AvgIpc) is 3.16. The van der Waals surface area contributed by atoms with Crippen LogP contribution in [-0.2, 0) is 0 Å². The van der Waals surface area contributed by atoms with E-state index in [0.717, 1.165) is 10.9 Å². The number of benzene rings is 1. The Kier molecular flexibility index (Phi) is 3.50. The zero-order valence-corrected chi connectivity index (χ0v) is 14.6. The molecule has 27 heavy (non-hydrogen) atoms. The van der Waals surface area contributed by atoms with Gasteiger partial charge in [0, 0.05) is 43.1 Å². The number of hydrogen-bond donors (Lipinski definition) is 1. The largest absolute Gasteiger partial charge is 0.483 e. The van der Waals surface area contributed by atoms with Gasteiger partial charge in [-0.3, -0.25) is 19.7 Å². The summed E-state index contributed by atoms with van der Waals surface area (Å²) in [5, 5.41) is 7.61. The summed E-state index contributed by atoms with van der Waals surface area (Å²) in [7, 11) is 0. The average molecular weight is 362 g/mol. The van der Waals surface area contributed by atoms with Gasteiger partial charge in [-0.25, -0.2) is 0 Å². The first-order valence-electron chi connectivity index (χ1n) is 9.03. The molecule has 1 fully saturated rings. The van der Waals surface area contributed by atoms with Crippen molar-refractivity contribution in [3.8, 4) is 5.75 Å². The van der Waals surface area contributed by atoms with Crippen LogP contribution in [-0.4, -0.2) is 50.5 Å². The van der Waals surface area contributed by atoms with Crippen LogP contribution < -0.4 is 4.74 Å². The van der Waals surface area contributed by atoms with E-state index < -0.39 is 5.60 Å². The van der Waals surface area contributed by atoms with Crippen molar-refractivity contribution >= 4 is 22.6 Å². The van der Waals surface area contributed by atoms with Gasteiger partial charge in [0.15, 0.2) is 11.5 Å². The zero-order chi connectivity index (χ0) is 18.4. The van der Waals surface area contributed by atoms with E-state index in [9.17, 15) is 9.59 Å². The number of rotatable bonds is 1.